The molecule has 1 aromatic heterocycles. The molecule has 0 amide bonds. The SMILES string of the molecule is NC1=CCC(Cc2n[nH]c(=O)c3ccccc23)=CC=C1Cl. The molecule has 21 heavy (non-hydrogen) atoms. The fraction of sp³-hybridized carbons (Fsp3) is 0.125. The van der Waals surface area contributed by atoms with Crippen LogP contribution in [0.25, 0.3) is 10.8 Å². The molecule has 0 fully saturated rings. The van der Waals surface area contributed by atoms with Crippen molar-refractivity contribution in [3.8, 4) is 0 Å². The van der Waals surface area contributed by atoms with Crippen LogP contribution in [0.1, 0.15) is 12.1 Å². The molecule has 0 atom stereocenters. The van der Waals surface area contributed by atoms with Crippen molar-refractivity contribution in [3.63, 3.8) is 0 Å². The smallest absolute Gasteiger partial charge is 0.272 e. The topological polar surface area (TPSA) is 71.8 Å². The summed E-state index contributed by atoms with van der Waals surface area (Å²) in [4.78, 5) is 11.8. The first-order valence-corrected chi connectivity index (χ1v) is 7.00. The molecule has 1 aliphatic carbocycles. The van der Waals surface area contributed by atoms with E-state index in [1.807, 2.05) is 30.4 Å². The van der Waals surface area contributed by atoms with E-state index in [0.717, 1.165) is 16.7 Å². The normalized spacial score (nSPS) is 15.2. The number of hydrogen-bond donors (Lipinski definition) is 2. The summed E-state index contributed by atoms with van der Waals surface area (Å²) in [7, 11) is 0. The zero-order valence-corrected chi connectivity index (χ0v) is 12.0. The van der Waals surface area contributed by atoms with Crippen LogP contribution in [0.5, 0.6) is 0 Å². The second-order valence-corrected chi connectivity index (χ2v) is 5.33. The average Bonchev–Trinajstić information content (AvgIpc) is 2.66. The van der Waals surface area contributed by atoms with Crippen molar-refractivity contribution in [2.24, 2.45) is 5.73 Å². The summed E-state index contributed by atoms with van der Waals surface area (Å²) in [5.74, 6) is 0. The van der Waals surface area contributed by atoms with Crippen molar-refractivity contribution in [3.05, 3.63) is 74.8 Å². The van der Waals surface area contributed by atoms with Gasteiger partial charge in [0, 0.05) is 17.5 Å². The molecule has 0 radical (unpaired) electrons. The fourth-order valence-electron chi connectivity index (χ4n) is 2.35. The highest BCUT2D eigenvalue weighted by Crippen LogP contribution is 2.22. The van der Waals surface area contributed by atoms with E-state index in [-0.39, 0.29) is 5.56 Å². The Hall–Kier alpha value is -2.33. The van der Waals surface area contributed by atoms with Crippen molar-refractivity contribution >= 4 is 22.4 Å². The monoisotopic (exact) mass is 299 g/mol. The number of aromatic amines is 1. The molecule has 0 saturated heterocycles. The number of rotatable bonds is 2. The van der Waals surface area contributed by atoms with Crippen LogP contribution in [0.3, 0.4) is 0 Å². The van der Waals surface area contributed by atoms with Crippen LogP contribution in [0.2, 0.25) is 0 Å². The maximum atomic E-state index is 11.8. The number of nitrogens with one attached hydrogen (secondary N) is 1. The Bertz CT molecular complexity index is 846. The summed E-state index contributed by atoms with van der Waals surface area (Å²) in [6, 6.07) is 7.47. The molecule has 0 bridgehead atoms. The molecule has 0 unspecified atom stereocenters. The molecular weight excluding hydrogens is 286 g/mol. The number of aromatic nitrogens is 2. The molecule has 0 spiro atoms. The highest BCUT2D eigenvalue weighted by atomic mass is 35.5. The first-order chi connectivity index (χ1) is 10.1. The number of fused-ring (bicyclic) bond motifs is 1. The van der Waals surface area contributed by atoms with Gasteiger partial charge < -0.3 is 5.73 Å². The third kappa shape index (κ3) is 2.76. The average molecular weight is 300 g/mol. The van der Waals surface area contributed by atoms with Crippen molar-refractivity contribution in [1.82, 2.24) is 10.2 Å². The predicted octanol–water partition coefficient (Wildman–Crippen LogP) is 2.76. The number of allylic oxidation sites excluding steroid dienone is 5. The summed E-state index contributed by atoms with van der Waals surface area (Å²) < 4.78 is 0. The molecular formula is C16H14ClN3O. The molecule has 1 aromatic carbocycles. The lowest BCUT2D eigenvalue weighted by molar-refractivity contribution is 0.914. The van der Waals surface area contributed by atoms with Gasteiger partial charge in [0.05, 0.1) is 16.1 Å². The Balaban J connectivity index is 2.00. The lowest BCUT2D eigenvalue weighted by Gasteiger charge is -2.06. The minimum Gasteiger partial charge on any atom is -0.398 e. The van der Waals surface area contributed by atoms with Crippen molar-refractivity contribution in [1.29, 1.82) is 0 Å². The van der Waals surface area contributed by atoms with E-state index < -0.39 is 0 Å². The molecule has 5 heteroatoms. The van der Waals surface area contributed by atoms with E-state index in [1.54, 1.807) is 12.1 Å². The van der Waals surface area contributed by atoms with Gasteiger partial charge in [-0.15, -0.1) is 0 Å². The summed E-state index contributed by atoms with van der Waals surface area (Å²) in [5.41, 5.74) is 8.20. The maximum absolute atomic E-state index is 11.8. The van der Waals surface area contributed by atoms with E-state index in [4.69, 9.17) is 17.3 Å². The minimum atomic E-state index is -0.170. The van der Waals surface area contributed by atoms with E-state index >= 15 is 0 Å². The van der Waals surface area contributed by atoms with Crippen LogP contribution in [-0.4, -0.2) is 10.2 Å². The molecule has 106 valence electrons. The number of halogens is 1. The third-order valence-corrected chi connectivity index (χ3v) is 3.84. The molecule has 2 aromatic rings. The van der Waals surface area contributed by atoms with Crippen LogP contribution in [0, 0.1) is 0 Å². The molecule has 0 aliphatic heterocycles. The van der Waals surface area contributed by atoms with Crippen LogP contribution in [-0.2, 0) is 6.42 Å². The van der Waals surface area contributed by atoms with E-state index in [1.165, 1.54) is 0 Å². The first kappa shape index (κ1) is 13.6. The standard InChI is InChI=1S/C16H14ClN3O/c17-13-7-5-10(6-8-14(13)18)9-15-11-3-1-2-4-12(11)16(21)20-19-15/h1-5,7-8H,6,9,18H2,(H,20,21). The minimum absolute atomic E-state index is 0.170. The number of nitrogens with two attached hydrogens (primary N) is 1. The largest absolute Gasteiger partial charge is 0.398 e. The second-order valence-electron chi connectivity index (χ2n) is 4.92. The highest BCUT2D eigenvalue weighted by molar-refractivity contribution is 6.32. The lowest BCUT2D eigenvalue weighted by Crippen LogP contribution is -2.11. The zero-order chi connectivity index (χ0) is 14.8. The van der Waals surface area contributed by atoms with Gasteiger partial charge in [-0.1, -0.05) is 47.5 Å². The van der Waals surface area contributed by atoms with E-state index in [0.29, 0.717) is 29.0 Å². The summed E-state index contributed by atoms with van der Waals surface area (Å²) >= 11 is 6.02. The Labute approximate surface area is 126 Å². The van der Waals surface area contributed by atoms with Gasteiger partial charge in [-0.2, -0.15) is 5.10 Å². The van der Waals surface area contributed by atoms with Gasteiger partial charge in [0.2, 0.25) is 0 Å². The molecule has 1 aliphatic rings. The number of H-pyrrole nitrogens is 1. The number of nitrogens with zero attached hydrogens (tertiary/aromatic N) is 1. The molecule has 3 N–H and O–H groups in total. The molecule has 0 saturated carbocycles. The Morgan fingerprint density at radius 3 is 2.81 bits per heavy atom. The maximum Gasteiger partial charge on any atom is 0.272 e. The van der Waals surface area contributed by atoms with Gasteiger partial charge in [0.25, 0.3) is 5.56 Å². The highest BCUT2D eigenvalue weighted by Gasteiger charge is 2.09. The quantitative estimate of drug-likeness (QED) is 0.895. The van der Waals surface area contributed by atoms with Crippen molar-refractivity contribution in [2.75, 3.05) is 0 Å². The van der Waals surface area contributed by atoms with Crippen LogP contribution >= 0.6 is 11.6 Å². The Morgan fingerprint density at radius 2 is 2.00 bits per heavy atom. The third-order valence-electron chi connectivity index (χ3n) is 3.49. The second kappa shape index (κ2) is 5.58. The van der Waals surface area contributed by atoms with Crippen LogP contribution in [0.15, 0.2) is 63.6 Å². The van der Waals surface area contributed by atoms with Gasteiger partial charge in [-0.05, 0) is 18.6 Å². The first-order valence-electron chi connectivity index (χ1n) is 6.62. The van der Waals surface area contributed by atoms with Gasteiger partial charge in [0.1, 0.15) is 0 Å². The van der Waals surface area contributed by atoms with Gasteiger partial charge in [-0.25, -0.2) is 5.10 Å². The summed E-state index contributed by atoms with van der Waals surface area (Å²) in [6.45, 7) is 0. The molecule has 3 rings (SSSR count). The Morgan fingerprint density at radius 1 is 1.24 bits per heavy atom. The predicted molar refractivity (Wildman–Crippen MR) is 85.0 cm³/mol. The van der Waals surface area contributed by atoms with Crippen molar-refractivity contribution in [2.45, 2.75) is 12.8 Å². The van der Waals surface area contributed by atoms with Crippen molar-refractivity contribution < 1.29 is 0 Å². The number of hydrogen-bond acceptors (Lipinski definition) is 3. The Kier molecular flexibility index (Phi) is 3.62. The van der Waals surface area contributed by atoms with Crippen LogP contribution in [0.4, 0.5) is 0 Å². The van der Waals surface area contributed by atoms with Gasteiger partial charge in [-0.3, -0.25) is 4.79 Å². The van der Waals surface area contributed by atoms with Gasteiger partial charge >= 0.3 is 0 Å². The summed E-state index contributed by atoms with van der Waals surface area (Å²) in [5, 5.41) is 8.81. The van der Waals surface area contributed by atoms with E-state index in [9.17, 15) is 4.79 Å². The lowest BCUT2D eigenvalue weighted by atomic mass is 10.0. The van der Waals surface area contributed by atoms with E-state index in [2.05, 4.69) is 10.2 Å². The number of benzene rings is 1. The van der Waals surface area contributed by atoms with Crippen LogP contribution < -0.4 is 11.3 Å². The molecule has 1 heterocycles. The van der Waals surface area contributed by atoms with Gasteiger partial charge in [0.15, 0.2) is 0 Å². The zero-order valence-electron chi connectivity index (χ0n) is 11.3. The fourth-order valence-corrected chi connectivity index (χ4v) is 2.49. The molecule has 4 nitrogen and oxygen atoms in total. The summed E-state index contributed by atoms with van der Waals surface area (Å²) in [6.07, 6.45) is 7.00.